The Morgan fingerprint density at radius 2 is 1.76 bits per heavy atom. The predicted octanol–water partition coefficient (Wildman–Crippen LogP) is 2.99. The fourth-order valence-corrected chi connectivity index (χ4v) is 3.20. The van der Waals surface area contributed by atoms with E-state index in [2.05, 4.69) is 0 Å². The second kappa shape index (κ2) is 8.33. The van der Waals surface area contributed by atoms with E-state index in [9.17, 15) is 9.36 Å². The van der Waals surface area contributed by atoms with Crippen LogP contribution in [0.15, 0.2) is 0 Å². The maximum absolute atomic E-state index is 12.2. The van der Waals surface area contributed by atoms with Crippen LogP contribution in [0.3, 0.4) is 0 Å². The number of ether oxygens (including phenoxy) is 1. The van der Waals surface area contributed by atoms with Gasteiger partial charge in [-0.25, -0.2) is 0 Å². The monoisotopic (exact) mass is 306 g/mol. The van der Waals surface area contributed by atoms with Gasteiger partial charge in [0.25, 0.3) is 0 Å². The van der Waals surface area contributed by atoms with Crippen LogP contribution in [0.2, 0.25) is 0 Å². The molecule has 5 nitrogen and oxygen atoms in total. The highest BCUT2D eigenvalue weighted by molar-refractivity contribution is 7.56. The summed E-state index contributed by atoms with van der Waals surface area (Å²) in [6, 6.07) is 0. The molecule has 0 saturated carbocycles. The average Bonchev–Trinajstić information content (AvgIpc) is 2.28. The molecule has 102 valence electrons. The first-order chi connectivity index (χ1) is 7.91. The molecule has 0 N–H and O–H groups in total. The van der Waals surface area contributed by atoms with Crippen molar-refractivity contribution in [2.24, 2.45) is 0 Å². The summed E-state index contributed by atoms with van der Waals surface area (Å²) in [7, 11) is -3.49. The van der Waals surface area contributed by atoms with Crippen molar-refractivity contribution in [1.82, 2.24) is 0 Å². The quantitative estimate of drug-likeness (QED) is 0.392. The van der Waals surface area contributed by atoms with Crippen LogP contribution in [0.5, 0.6) is 0 Å². The summed E-state index contributed by atoms with van der Waals surface area (Å²) in [5, 5.41) is -1.06. The molecule has 2 atom stereocenters. The first-order valence-electron chi connectivity index (χ1n) is 5.19. The minimum atomic E-state index is -3.49. The van der Waals surface area contributed by atoms with E-state index in [-0.39, 0.29) is 19.1 Å². The van der Waals surface area contributed by atoms with Crippen molar-refractivity contribution < 1.29 is 23.1 Å². The number of carbonyl (C=O) groups excluding carboxylic acids is 1. The van der Waals surface area contributed by atoms with E-state index in [1.807, 2.05) is 0 Å². The molecule has 0 heterocycles. The lowest BCUT2D eigenvalue weighted by molar-refractivity contribution is -0.144. The maximum Gasteiger partial charge on any atom is 0.352 e. The number of rotatable bonds is 8. The Bertz CT molecular complexity index is 277. The lowest BCUT2D eigenvalue weighted by Gasteiger charge is -2.25. The molecule has 0 radical (unpaired) electrons. The van der Waals surface area contributed by atoms with E-state index in [1.54, 1.807) is 13.8 Å². The summed E-state index contributed by atoms with van der Waals surface area (Å²) in [4.78, 5) is 11.0. The molecule has 0 aromatic rings. The average molecular weight is 307 g/mol. The predicted molar refractivity (Wildman–Crippen MR) is 66.8 cm³/mol. The van der Waals surface area contributed by atoms with Crippen LogP contribution in [0, 0.1) is 0 Å². The molecule has 0 aromatic carbocycles. The molecule has 0 bridgehead atoms. The van der Waals surface area contributed by atoms with Gasteiger partial charge in [0.15, 0.2) is 5.12 Å². The van der Waals surface area contributed by atoms with Crippen molar-refractivity contribution in [2.45, 2.75) is 32.0 Å². The van der Waals surface area contributed by atoms with E-state index in [4.69, 9.17) is 37.0 Å². The number of alkyl halides is 2. The van der Waals surface area contributed by atoms with Crippen LogP contribution in [-0.2, 0) is 23.1 Å². The van der Waals surface area contributed by atoms with Gasteiger partial charge in [0.05, 0.1) is 13.2 Å². The van der Waals surface area contributed by atoms with Crippen molar-refractivity contribution in [1.29, 1.82) is 0 Å². The number of halogens is 2. The zero-order valence-electron chi connectivity index (χ0n) is 10.0. The van der Waals surface area contributed by atoms with Crippen molar-refractivity contribution in [3.63, 3.8) is 0 Å². The topological polar surface area (TPSA) is 61.8 Å². The van der Waals surface area contributed by atoms with Crippen LogP contribution in [0.4, 0.5) is 0 Å². The third-order valence-electron chi connectivity index (χ3n) is 1.73. The molecule has 0 aliphatic carbocycles. The molecule has 0 amide bonds. The maximum atomic E-state index is 12.2. The van der Waals surface area contributed by atoms with Crippen LogP contribution in [0.25, 0.3) is 0 Å². The third-order valence-corrected chi connectivity index (χ3v) is 5.28. The summed E-state index contributed by atoms with van der Waals surface area (Å²) < 4.78 is 27.2. The second-order valence-electron chi connectivity index (χ2n) is 3.08. The largest absolute Gasteiger partial charge is 0.459 e. The van der Waals surface area contributed by atoms with Gasteiger partial charge in [-0.3, -0.25) is 9.36 Å². The third kappa shape index (κ3) is 5.58. The van der Waals surface area contributed by atoms with Gasteiger partial charge in [0.1, 0.15) is 12.0 Å². The minimum absolute atomic E-state index is 0.191. The Kier molecular flexibility index (Phi) is 8.43. The van der Waals surface area contributed by atoms with Crippen LogP contribution >= 0.6 is 30.8 Å². The minimum Gasteiger partial charge on any atom is -0.459 e. The van der Waals surface area contributed by atoms with Crippen molar-refractivity contribution in [2.75, 3.05) is 19.1 Å². The Balaban J connectivity index is 4.65. The van der Waals surface area contributed by atoms with Gasteiger partial charge in [0.2, 0.25) is 0 Å². The van der Waals surface area contributed by atoms with Crippen LogP contribution in [-0.4, -0.2) is 36.3 Å². The van der Waals surface area contributed by atoms with Gasteiger partial charge in [-0.1, -0.05) is 0 Å². The van der Waals surface area contributed by atoms with E-state index >= 15 is 0 Å². The van der Waals surface area contributed by atoms with E-state index in [0.29, 0.717) is 0 Å². The lowest BCUT2D eigenvalue weighted by atomic mass is 10.5. The Morgan fingerprint density at radius 3 is 2.12 bits per heavy atom. The Hall–Kier alpha value is 0.200. The van der Waals surface area contributed by atoms with Crippen molar-refractivity contribution in [3.05, 3.63) is 0 Å². The highest BCUT2D eigenvalue weighted by Crippen LogP contribution is 2.56. The molecule has 0 rings (SSSR count). The summed E-state index contributed by atoms with van der Waals surface area (Å²) in [6.45, 7) is 5.23. The summed E-state index contributed by atoms with van der Waals surface area (Å²) >= 11 is 11.3. The number of hydrogen-bond donors (Lipinski definition) is 0. The SMILES string of the molecule is CCOP(=O)(OCC)[C@@H](Cl)[C@@H](C)OC(=O)CCl. The smallest absolute Gasteiger partial charge is 0.352 e. The summed E-state index contributed by atoms with van der Waals surface area (Å²) in [5.74, 6) is -0.925. The molecule has 0 saturated heterocycles. The van der Waals surface area contributed by atoms with Crippen molar-refractivity contribution >= 4 is 36.8 Å². The first-order valence-corrected chi connectivity index (χ1v) is 7.77. The normalized spacial score (nSPS) is 15.4. The first kappa shape index (κ1) is 17.2. The fourth-order valence-electron chi connectivity index (χ4n) is 1.09. The van der Waals surface area contributed by atoms with Crippen LogP contribution in [0.1, 0.15) is 20.8 Å². The standard InChI is InChI=1S/C9H17Cl2O5P/c1-4-14-17(13,15-5-2)9(11)7(3)16-8(12)6-10/h7,9H,4-6H2,1-3H3/t7-,9-/m1/s1. The zero-order chi connectivity index (χ0) is 13.5. The molecule has 8 heteroatoms. The molecule has 0 aliphatic rings. The van der Waals surface area contributed by atoms with Gasteiger partial charge in [0, 0.05) is 0 Å². The second-order valence-corrected chi connectivity index (χ2v) is 6.27. The lowest BCUT2D eigenvalue weighted by Crippen LogP contribution is -2.26. The van der Waals surface area contributed by atoms with Gasteiger partial charge < -0.3 is 13.8 Å². The van der Waals surface area contributed by atoms with E-state index in [0.717, 1.165) is 0 Å². The zero-order valence-corrected chi connectivity index (χ0v) is 12.4. The molecular weight excluding hydrogens is 290 g/mol. The molecule has 0 unspecified atom stereocenters. The molecule has 17 heavy (non-hydrogen) atoms. The highest BCUT2D eigenvalue weighted by atomic mass is 35.5. The number of hydrogen-bond acceptors (Lipinski definition) is 5. The molecule has 0 aromatic heterocycles. The van der Waals surface area contributed by atoms with Gasteiger partial charge in [-0.15, -0.1) is 23.2 Å². The van der Waals surface area contributed by atoms with Gasteiger partial charge in [-0.05, 0) is 20.8 Å². The number of esters is 1. The van der Waals surface area contributed by atoms with Gasteiger partial charge in [-0.2, -0.15) is 0 Å². The summed E-state index contributed by atoms with van der Waals surface area (Å²) in [6.07, 6.45) is -0.813. The summed E-state index contributed by atoms with van der Waals surface area (Å²) in [5.41, 5.74) is 0. The molecule has 0 aliphatic heterocycles. The van der Waals surface area contributed by atoms with Gasteiger partial charge >= 0.3 is 13.6 Å². The molecule has 0 fully saturated rings. The Morgan fingerprint density at radius 1 is 1.29 bits per heavy atom. The van der Waals surface area contributed by atoms with Crippen molar-refractivity contribution in [3.8, 4) is 0 Å². The number of carbonyl (C=O) groups is 1. The molecular formula is C9H17Cl2O5P. The van der Waals surface area contributed by atoms with E-state index < -0.39 is 24.8 Å². The fraction of sp³-hybridized carbons (Fsp3) is 0.889. The Labute approximate surface area is 111 Å². The molecule has 0 spiro atoms. The highest BCUT2D eigenvalue weighted by Gasteiger charge is 2.39. The van der Waals surface area contributed by atoms with E-state index in [1.165, 1.54) is 6.92 Å². The van der Waals surface area contributed by atoms with Crippen LogP contribution < -0.4 is 0 Å².